The van der Waals surface area contributed by atoms with Crippen LogP contribution in [0.2, 0.25) is 0 Å². The lowest BCUT2D eigenvalue weighted by Gasteiger charge is -2.11. The monoisotopic (exact) mass is 202 g/mol. The summed E-state index contributed by atoms with van der Waals surface area (Å²) in [7, 11) is 0. The highest BCUT2D eigenvalue weighted by molar-refractivity contribution is 5.95. The molecule has 0 fully saturated rings. The Balaban J connectivity index is 3.00. The highest BCUT2D eigenvalue weighted by Gasteiger charge is 2.12. The Kier molecular flexibility index (Phi) is 2.07. The van der Waals surface area contributed by atoms with E-state index in [0.717, 1.165) is 22.1 Å². The third-order valence-corrected chi connectivity index (χ3v) is 2.96. The van der Waals surface area contributed by atoms with Crippen molar-refractivity contribution >= 4 is 10.8 Å². The fraction of sp³-hybridized carbons (Fsp3) is 0.231. The Labute approximate surface area is 88.8 Å². The summed E-state index contributed by atoms with van der Waals surface area (Å²) < 4.78 is 0. The molecule has 0 saturated heterocycles. The van der Waals surface area contributed by atoms with Crippen LogP contribution in [-0.4, -0.2) is 10.2 Å². The molecule has 2 aromatic rings. The van der Waals surface area contributed by atoms with E-state index >= 15 is 0 Å². The quantitative estimate of drug-likeness (QED) is 0.644. The first-order chi connectivity index (χ1) is 7.02. The van der Waals surface area contributed by atoms with Gasteiger partial charge >= 0.3 is 0 Å². The molecule has 2 rings (SSSR count). The van der Waals surface area contributed by atoms with E-state index in [0.29, 0.717) is 5.39 Å². The van der Waals surface area contributed by atoms with Crippen LogP contribution in [0, 0.1) is 20.8 Å². The number of aryl methyl sites for hydroxylation is 1. The second-order valence-electron chi connectivity index (χ2n) is 4.00. The third-order valence-electron chi connectivity index (χ3n) is 2.96. The van der Waals surface area contributed by atoms with Crippen molar-refractivity contribution in [1.29, 1.82) is 0 Å². The van der Waals surface area contributed by atoms with E-state index < -0.39 is 0 Å². The molecule has 0 heterocycles. The smallest absolute Gasteiger partial charge is 0.126 e. The Morgan fingerprint density at radius 2 is 1.33 bits per heavy atom. The summed E-state index contributed by atoms with van der Waals surface area (Å²) >= 11 is 0. The maximum Gasteiger partial charge on any atom is 0.126 e. The van der Waals surface area contributed by atoms with Gasteiger partial charge in [0.1, 0.15) is 11.5 Å². The molecular formula is C13H14O2. The molecular weight excluding hydrogens is 188 g/mol. The van der Waals surface area contributed by atoms with Crippen molar-refractivity contribution in [3.63, 3.8) is 0 Å². The fourth-order valence-electron chi connectivity index (χ4n) is 1.82. The van der Waals surface area contributed by atoms with E-state index in [2.05, 4.69) is 0 Å². The minimum absolute atomic E-state index is 0.264. The van der Waals surface area contributed by atoms with E-state index in [-0.39, 0.29) is 11.5 Å². The van der Waals surface area contributed by atoms with Crippen molar-refractivity contribution in [2.75, 3.05) is 0 Å². The average molecular weight is 202 g/mol. The lowest BCUT2D eigenvalue weighted by atomic mass is 9.98. The van der Waals surface area contributed by atoms with Crippen molar-refractivity contribution in [2.45, 2.75) is 20.8 Å². The number of phenolic OH excluding ortho intramolecular Hbond substituents is 2. The van der Waals surface area contributed by atoms with Crippen LogP contribution >= 0.6 is 0 Å². The first-order valence-electron chi connectivity index (χ1n) is 4.94. The van der Waals surface area contributed by atoms with Crippen LogP contribution in [0.3, 0.4) is 0 Å². The Bertz CT molecular complexity index is 542. The van der Waals surface area contributed by atoms with E-state index in [9.17, 15) is 10.2 Å². The minimum atomic E-state index is 0.264. The molecule has 0 aromatic heterocycles. The van der Waals surface area contributed by atoms with E-state index in [1.165, 1.54) is 0 Å². The topological polar surface area (TPSA) is 40.5 Å². The number of aromatic hydroxyl groups is 2. The average Bonchev–Trinajstić information content (AvgIpc) is 2.23. The molecule has 0 radical (unpaired) electrons. The second-order valence-corrected chi connectivity index (χ2v) is 4.00. The lowest BCUT2D eigenvalue weighted by Crippen LogP contribution is -1.87. The number of phenols is 2. The molecule has 78 valence electrons. The number of fused-ring (bicyclic) bond motifs is 1. The summed E-state index contributed by atoms with van der Waals surface area (Å²) in [6.07, 6.45) is 0. The van der Waals surface area contributed by atoms with Gasteiger partial charge < -0.3 is 10.2 Å². The maximum atomic E-state index is 9.98. The molecule has 0 spiro atoms. The molecule has 15 heavy (non-hydrogen) atoms. The van der Waals surface area contributed by atoms with Crippen molar-refractivity contribution in [1.82, 2.24) is 0 Å². The molecule has 2 nitrogen and oxygen atoms in total. The zero-order valence-corrected chi connectivity index (χ0v) is 9.13. The normalized spacial score (nSPS) is 10.9. The third kappa shape index (κ3) is 1.33. The SMILES string of the molecule is Cc1ccc2c(O)c(C)c(C)c(O)c2c1. The van der Waals surface area contributed by atoms with Gasteiger partial charge in [-0.2, -0.15) is 0 Å². The van der Waals surface area contributed by atoms with Gasteiger partial charge in [0.05, 0.1) is 0 Å². The lowest BCUT2D eigenvalue weighted by molar-refractivity contribution is 0.462. The first kappa shape index (κ1) is 9.84. The van der Waals surface area contributed by atoms with Crippen molar-refractivity contribution in [3.8, 4) is 11.5 Å². The van der Waals surface area contributed by atoms with Gasteiger partial charge in [0.15, 0.2) is 0 Å². The minimum Gasteiger partial charge on any atom is -0.507 e. The standard InChI is InChI=1S/C13H14O2/c1-7-4-5-10-11(6-7)13(15)9(3)8(2)12(10)14/h4-6,14-15H,1-3H3. The molecule has 0 amide bonds. The zero-order chi connectivity index (χ0) is 11.2. The van der Waals surface area contributed by atoms with Crippen molar-refractivity contribution < 1.29 is 10.2 Å². The summed E-state index contributed by atoms with van der Waals surface area (Å²) in [5, 5.41) is 21.3. The Morgan fingerprint density at radius 1 is 0.800 bits per heavy atom. The van der Waals surface area contributed by atoms with Crippen LogP contribution < -0.4 is 0 Å². The highest BCUT2D eigenvalue weighted by atomic mass is 16.3. The predicted molar refractivity (Wildman–Crippen MR) is 61.5 cm³/mol. The predicted octanol–water partition coefficient (Wildman–Crippen LogP) is 3.18. The van der Waals surface area contributed by atoms with Gasteiger partial charge in [0.25, 0.3) is 0 Å². The molecule has 2 aromatic carbocycles. The van der Waals surface area contributed by atoms with Gasteiger partial charge in [-0.15, -0.1) is 0 Å². The van der Waals surface area contributed by atoms with Crippen LogP contribution in [0.5, 0.6) is 11.5 Å². The van der Waals surface area contributed by atoms with Gasteiger partial charge in [-0.3, -0.25) is 0 Å². The highest BCUT2D eigenvalue weighted by Crippen LogP contribution is 2.38. The fourth-order valence-corrected chi connectivity index (χ4v) is 1.82. The van der Waals surface area contributed by atoms with Crippen LogP contribution in [0.15, 0.2) is 18.2 Å². The van der Waals surface area contributed by atoms with E-state index in [1.54, 1.807) is 0 Å². The van der Waals surface area contributed by atoms with Crippen molar-refractivity contribution in [3.05, 3.63) is 34.9 Å². The summed E-state index contributed by atoms with van der Waals surface area (Å²) in [5.41, 5.74) is 2.55. The Hall–Kier alpha value is -1.70. The molecule has 0 atom stereocenters. The second kappa shape index (κ2) is 3.16. The number of rotatable bonds is 0. The summed E-state index contributed by atoms with van der Waals surface area (Å²) in [6.45, 7) is 5.58. The number of hydrogen-bond acceptors (Lipinski definition) is 2. The van der Waals surface area contributed by atoms with Crippen molar-refractivity contribution in [2.24, 2.45) is 0 Å². The van der Waals surface area contributed by atoms with Crippen LogP contribution in [0.25, 0.3) is 10.8 Å². The Morgan fingerprint density at radius 3 is 1.93 bits per heavy atom. The van der Waals surface area contributed by atoms with Gasteiger partial charge in [0, 0.05) is 10.8 Å². The first-order valence-corrected chi connectivity index (χ1v) is 4.94. The maximum absolute atomic E-state index is 9.98. The van der Waals surface area contributed by atoms with Crippen LogP contribution in [0.1, 0.15) is 16.7 Å². The van der Waals surface area contributed by atoms with Gasteiger partial charge in [-0.05, 0) is 38.0 Å². The zero-order valence-electron chi connectivity index (χ0n) is 9.13. The summed E-state index contributed by atoms with van der Waals surface area (Å²) in [4.78, 5) is 0. The molecule has 0 aliphatic carbocycles. The molecule has 0 bridgehead atoms. The summed E-state index contributed by atoms with van der Waals surface area (Å²) in [5.74, 6) is 0.532. The molecule has 0 aliphatic rings. The van der Waals surface area contributed by atoms with E-state index in [4.69, 9.17) is 0 Å². The number of hydrogen-bond donors (Lipinski definition) is 2. The van der Waals surface area contributed by atoms with Crippen LogP contribution in [0.4, 0.5) is 0 Å². The molecule has 0 unspecified atom stereocenters. The largest absolute Gasteiger partial charge is 0.507 e. The molecule has 2 N–H and O–H groups in total. The van der Waals surface area contributed by atoms with Gasteiger partial charge in [-0.25, -0.2) is 0 Å². The van der Waals surface area contributed by atoms with Gasteiger partial charge in [0.2, 0.25) is 0 Å². The molecule has 2 heteroatoms. The van der Waals surface area contributed by atoms with E-state index in [1.807, 2.05) is 39.0 Å². The molecule has 0 aliphatic heterocycles. The van der Waals surface area contributed by atoms with Crippen LogP contribution in [-0.2, 0) is 0 Å². The van der Waals surface area contributed by atoms with Gasteiger partial charge in [-0.1, -0.05) is 17.7 Å². The molecule has 0 saturated carbocycles. The number of benzene rings is 2. The summed E-state index contributed by atoms with van der Waals surface area (Å²) in [6, 6.07) is 5.65.